The summed E-state index contributed by atoms with van der Waals surface area (Å²) >= 11 is 1.37. The average Bonchev–Trinajstić information content (AvgIpc) is 3.21. The molecule has 1 aromatic heterocycles. The van der Waals surface area contributed by atoms with Crippen LogP contribution in [0, 0.1) is 6.92 Å². The van der Waals surface area contributed by atoms with Gasteiger partial charge in [0.25, 0.3) is 0 Å². The van der Waals surface area contributed by atoms with Crippen LogP contribution in [0.5, 0.6) is 5.75 Å². The number of carbonyl (C=O) groups is 2. The van der Waals surface area contributed by atoms with Crippen molar-refractivity contribution in [1.29, 1.82) is 0 Å². The van der Waals surface area contributed by atoms with Crippen molar-refractivity contribution >= 4 is 35.0 Å². The van der Waals surface area contributed by atoms with Gasteiger partial charge in [0.1, 0.15) is 17.4 Å². The van der Waals surface area contributed by atoms with Gasteiger partial charge in [0, 0.05) is 17.1 Å². The number of aromatic nitrogens is 1. The molecule has 0 bridgehead atoms. The predicted octanol–water partition coefficient (Wildman–Crippen LogP) is 4.79. The number of carbonyl (C=O) groups excluding carboxylic acids is 2. The first-order valence-electron chi connectivity index (χ1n) is 9.90. The van der Waals surface area contributed by atoms with Gasteiger partial charge < -0.3 is 14.8 Å². The van der Waals surface area contributed by atoms with Gasteiger partial charge in [-0.2, -0.15) is 0 Å². The fraction of sp³-hybridized carbons (Fsp3) is 0.208. The van der Waals surface area contributed by atoms with Gasteiger partial charge in [0.2, 0.25) is 5.91 Å². The SMILES string of the molecule is CCOc1ccc(/C=C/C(=O)OCc2csc(CC(=O)Nc3ccccc3C)n2)cc1. The molecule has 3 rings (SSSR count). The summed E-state index contributed by atoms with van der Waals surface area (Å²) in [6.45, 7) is 4.53. The molecule has 160 valence electrons. The van der Waals surface area contributed by atoms with E-state index in [9.17, 15) is 9.59 Å². The highest BCUT2D eigenvalue weighted by atomic mass is 32.1. The van der Waals surface area contributed by atoms with Crippen LogP contribution in [0.25, 0.3) is 6.08 Å². The molecule has 2 aromatic carbocycles. The van der Waals surface area contributed by atoms with Gasteiger partial charge in [-0.15, -0.1) is 11.3 Å². The minimum atomic E-state index is -0.458. The van der Waals surface area contributed by atoms with Crippen molar-refractivity contribution in [2.45, 2.75) is 26.9 Å². The predicted molar refractivity (Wildman–Crippen MR) is 122 cm³/mol. The Bertz CT molecular complexity index is 1060. The first-order chi connectivity index (χ1) is 15.0. The van der Waals surface area contributed by atoms with E-state index in [-0.39, 0.29) is 18.9 Å². The highest BCUT2D eigenvalue weighted by molar-refractivity contribution is 7.09. The van der Waals surface area contributed by atoms with Crippen LogP contribution in [0.2, 0.25) is 0 Å². The molecule has 3 aromatic rings. The Balaban J connectivity index is 1.45. The third-order valence-corrected chi connectivity index (χ3v) is 5.19. The van der Waals surface area contributed by atoms with Crippen molar-refractivity contribution in [1.82, 2.24) is 4.98 Å². The normalized spacial score (nSPS) is 10.8. The molecule has 0 spiro atoms. The summed E-state index contributed by atoms with van der Waals surface area (Å²) in [6.07, 6.45) is 3.23. The summed E-state index contributed by atoms with van der Waals surface area (Å²) in [4.78, 5) is 28.6. The molecule has 0 saturated carbocycles. The lowest BCUT2D eigenvalue weighted by Crippen LogP contribution is -2.15. The number of hydrogen-bond acceptors (Lipinski definition) is 6. The largest absolute Gasteiger partial charge is 0.494 e. The van der Waals surface area contributed by atoms with Crippen molar-refractivity contribution in [3.05, 3.63) is 81.8 Å². The molecule has 1 amide bonds. The molecule has 31 heavy (non-hydrogen) atoms. The number of benzene rings is 2. The maximum absolute atomic E-state index is 12.2. The lowest BCUT2D eigenvalue weighted by Gasteiger charge is -2.06. The number of hydrogen-bond donors (Lipinski definition) is 1. The molecule has 0 unspecified atom stereocenters. The summed E-state index contributed by atoms with van der Waals surface area (Å²) < 4.78 is 10.6. The second-order valence-corrected chi connectivity index (χ2v) is 7.66. The van der Waals surface area contributed by atoms with Gasteiger partial charge in [-0.3, -0.25) is 4.79 Å². The van der Waals surface area contributed by atoms with E-state index >= 15 is 0 Å². The molecule has 6 nitrogen and oxygen atoms in total. The summed E-state index contributed by atoms with van der Waals surface area (Å²) in [5, 5.41) is 5.35. The van der Waals surface area contributed by atoms with Gasteiger partial charge in [-0.25, -0.2) is 9.78 Å². The highest BCUT2D eigenvalue weighted by Gasteiger charge is 2.10. The van der Waals surface area contributed by atoms with Crippen LogP contribution >= 0.6 is 11.3 Å². The molecular formula is C24H24N2O4S. The van der Waals surface area contributed by atoms with Crippen LogP contribution in [0.4, 0.5) is 5.69 Å². The second kappa shape index (κ2) is 11.1. The minimum absolute atomic E-state index is 0.0579. The van der Waals surface area contributed by atoms with Gasteiger partial charge >= 0.3 is 5.97 Å². The molecule has 0 saturated heterocycles. The number of rotatable bonds is 9. The monoisotopic (exact) mass is 436 g/mol. The molecule has 1 heterocycles. The molecule has 0 aliphatic heterocycles. The van der Waals surface area contributed by atoms with E-state index in [1.165, 1.54) is 17.4 Å². The zero-order valence-electron chi connectivity index (χ0n) is 17.5. The van der Waals surface area contributed by atoms with Crippen molar-refractivity contribution in [2.75, 3.05) is 11.9 Å². The fourth-order valence-electron chi connectivity index (χ4n) is 2.74. The Morgan fingerprint density at radius 1 is 1.13 bits per heavy atom. The van der Waals surface area contributed by atoms with Crippen LogP contribution in [0.15, 0.2) is 60.0 Å². The van der Waals surface area contributed by atoms with Crippen LogP contribution in [-0.4, -0.2) is 23.5 Å². The zero-order chi connectivity index (χ0) is 22.1. The molecule has 0 aliphatic carbocycles. The Hall–Kier alpha value is -3.45. The minimum Gasteiger partial charge on any atom is -0.494 e. The third-order valence-electron chi connectivity index (χ3n) is 4.30. The molecule has 1 N–H and O–H groups in total. The van der Waals surface area contributed by atoms with E-state index in [1.54, 1.807) is 11.5 Å². The van der Waals surface area contributed by atoms with Crippen molar-refractivity contribution in [3.8, 4) is 5.75 Å². The fourth-order valence-corrected chi connectivity index (χ4v) is 3.52. The maximum atomic E-state index is 12.2. The van der Waals surface area contributed by atoms with E-state index in [0.717, 1.165) is 22.6 Å². The van der Waals surface area contributed by atoms with Crippen molar-refractivity contribution < 1.29 is 19.1 Å². The first kappa shape index (κ1) is 22.2. The third kappa shape index (κ3) is 7.08. The smallest absolute Gasteiger partial charge is 0.331 e. The molecular weight excluding hydrogens is 412 g/mol. The van der Waals surface area contributed by atoms with Crippen LogP contribution < -0.4 is 10.1 Å². The standard InChI is InChI=1S/C24H24N2O4S/c1-3-29-20-11-8-18(9-12-20)10-13-24(28)30-15-19-16-31-23(25-19)14-22(27)26-21-7-5-4-6-17(21)2/h4-13,16H,3,14-15H2,1-2H3,(H,26,27)/b13-10+. The molecule has 0 aliphatic rings. The van der Waals surface area contributed by atoms with Crippen molar-refractivity contribution in [2.24, 2.45) is 0 Å². The Labute approximate surface area is 185 Å². The van der Waals surface area contributed by atoms with E-state index in [2.05, 4.69) is 10.3 Å². The quantitative estimate of drug-likeness (QED) is 0.386. The Morgan fingerprint density at radius 2 is 1.90 bits per heavy atom. The lowest BCUT2D eigenvalue weighted by molar-refractivity contribution is -0.139. The molecule has 0 atom stereocenters. The Morgan fingerprint density at radius 3 is 2.65 bits per heavy atom. The number of thiazole rings is 1. The number of amides is 1. The van der Waals surface area contributed by atoms with Crippen molar-refractivity contribution in [3.63, 3.8) is 0 Å². The average molecular weight is 437 g/mol. The Kier molecular flexibility index (Phi) is 7.95. The molecule has 7 heteroatoms. The van der Waals surface area contributed by atoms with E-state index in [1.807, 2.05) is 62.4 Å². The van der Waals surface area contributed by atoms with E-state index in [0.29, 0.717) is 17.3 Å². The number of ether oxygens (including phenoxy) is 2. The number of esters is 1. The van der Waals surface area contributed by atoms with Crippen LogP contribution in [0.1, 0.15) is 28.8 Å². The number of nitrogens with zero attached hydrogens (tertiary/aromatic N) is 1. The number of aryl methyl sites for hydroxylation is 1. The first-order valence-corrected chi connectivity index (χ1v) is 10.8. The van der Waals surface area contributed by atoms with Gasteiger partial charge in [0.15, 0.2) is 0 Å². The van der Waals surface area contributed by atoms with Crippen LogP contribution in [-0.2, 0) is 27.4 Å². The molecule has 0 radical (unpaired) electrons. The van der Waals surface area contributed by atoms with Gasteiger partial charge in [-0.1, -0.05) is 30.3 Å². The summed E-state index contributed by atoms with van der Waals surface area (Å²) in [5.41, 5.74) is 3.28. The topological polar surface area (TPSA) is 77.5 Å². The number of para-hydroxylation sites is 1. The lowest BCUT2D eigenvalue weighted by atomic mass is 10.2. The maximum Gasteiger partial charge on any atom is 0.331 e. The van der Waals surface area contributed by atoms with Crippen LogP contribution in [0.3, 0.4) is 0 Å². The summed E-state index contributed by atoms with van der Waals surface area (Å²) in [5.74, 6) is 0.195. The second-order valence-electron chi connectivity index (χ2n) is 6.72. The molecule has 0 fully saturated rings. The highest BCUT2D eigenvalue weighted by Crippen LogP contribution is 2.16. The van der Waals surface area contributed by atoms with E-state index < -0.39 is 5.97 Å². The van der Waals surface area contributed by atoms with E-state index in [4.69, 9.17) is 9.47 Å². The van der Waals surface area contributed by atoms with Gasteiger partial charge in [0.05, 0.1) is 18.7 Å². The summed E-state index contributed by atoms with van der Waals surface area (Å²) in [6, 6.07) is 15.0. The number of nitrogens with one attached hydrogen (secondary N) is 1. The summed E-state index contributed by atoms with van der Waals surface area (Å²) in [7, 11) is 0. The van der Waals surface area contributed by atoms with Gasteiger partial charge in [-0.05, 0) is 49.2 Å². The number of anilines is 1. The zero-order valence-corrected chi connectivity index (χ0v) is 18.3.